The number of ether oxygens (including phenoxy) is 1. The van der Waals surface area contributed by atoms with Crippen LogP contribution in [-0.2, 0) is 5.88 Å². The molecule has 0 atom stereocenters. The minimum Gasteiger partial charge on any atom is -0.495 e. The maximum absolute atomic E-state index is 6.11. The van der Waals surface area contributed by atoms with Gasteiger partial charge in [-0.15, -0.1) is 22.9 Å². The fourth-order valence-corrected chi connectivity index (χ4v) is 2.80. The Morgan fingerprint density at radius 2 is 2.21 bits per heavy atom. The first-order chi connectivity index (χ1) is 6.76. The van der Waals surface area contributed by atoms with Crippen LogP contribution in [0.5, 0.6) is 5.75 Å². The Labute approximate surface area is 96.2 Å². The molecule has 0 aliphatic rings. The average Bonchev–Trinajstić information content (AvgIpc) is 2.61. The van der Waals surface area contributed by atoms with Gasteiger partial charge in [-0.2, -0.15) is 0 Å². The molecule has 1 heterocycles. The van der Waals surface area contributed by atoms with Gasteiger partial charge in [-0.05, 0) is 17.7 Å². The van der Waals surface area contributed by atoms with Crippen molar-refractivity contribution in [1.82, 2.24) is 0 Å². The molecule has 0 spiro atoms. The molecule has 0 saturated heterocycles. The minimum absolute atomic E-state index is 0.467. The van der Waals surface area contributed by atoms with Gasteiger partial charge in [-0.1, -0.05) is 11.6 Å². The topological polar surface area (TPSA) is 9.23 Å². The van der Waals surface area contributed by atoms with Crippen LogP contribution >= 0.6 is 34.5 Å². The number of halogens is 2. The maximum Gasteiger partial charge on any atom is 0.137 e. The van der Waals surface area contributed by atoms with Crippen molar-refractivity contribution in [3.63, 3.8) is 0 Å². The molecule has 14 heavy (non-hydrogen) atoms. The Hall–Kier alpha value is -0.440. The van der Waals surface area contributed by atoms with Crippen LogP contribution in [0.15, 0.2) is 17.5 Å². The van der Waals surface area contributed by atoms with Crippen LogP contribution in [0.3, 0.4) is 0 Å². The van der Waals surface area contributed by atoms with Gasteiger partial charge < -0.3 is 4.74 Å². The lowest BCUT2D eigenvalue weighted by atomic mass is 10.2. The molecule has 1 nitrogen and oxygen atoms in total. The maximum atomic E-state index is 6.11. The van der Waals surface area contributed by atoms with E-state index >= 15 is 0 Å². The van der Waals surface area contributed by atoms with Crippen molar-refractivity contribution >= 4 is 44.6 Å². The molecular weight excluding hydrogens is 239 g/mol. The van der Waals surface area contributed by atoms with Gasteiger partial charge in [0.1, 0.15) is 5.75 Å². The van der Waals surface area contributed by atoms with E-state index in [9.17, 15) is 0 Å². The summed E-state index contributed by atoms with van der Waals surface area (Å²) >= 11 is 13.5. The Morgan fingerprint density at radius 1 is 1.43 bits per heavy atom. The summed E-state index contributed by atoms with van der Waals surface area (Å²) in [6.45, 7) is 0. The second-order valence-corrected chi connectivity index (χ2v) is 4.45. The van der Waals surface area contributed by atoms with Gasteiger partial charge in [0.2, 0.25) is 0 Å². The number of hydrogen-bond donors (Lipinski definition) is 0. The lowest BCUT2D eigenvalue weighted by Gasteiger charge is -2.01. The summed E-state index contributed by atoms with van der Waals surface area (Å²) in [6, 6.07) is 3.91. The van der Waals surface area contributed by atoms with E-state index in [0.717, 1.165) is 26.4 Å². The van der Waals surface area contributed by atoms with Crippen molar-refractivity contribution in [3.8, 4) is 5.75 Å². The molecule has 0 fully saturated rings. The molecule has 0 saturated carbocycles. The van der Waals surface area contributed by atoms with Crippen LogP contribution in [0.1, 0.15) is 5.56 Å². The lowest BCUT2D eigenvalue weighted by molar-refractivity contribution is 0.421. The van der Waals surface area contributed by atoms with Crippen LogP contribution in [0.25, 0.3) is 10.1 Å². The smallest absolute Gasteiger partial charge is 0.137 e. The van der Waals surface area contributed by atoms with Crippen molar-refractivity contribution < 1.29 is 4.74 Å². The van der Waals surface area contributed by atoms with Gasteiger partial charge in [0.15, 0.2) is 0 Å². The number of benzene rings is 1. The highest BCUT2D eigenvalue weighted by molar-refractivity contribution is 7.18. The fourth-order valence-electron chi connectivity index (χ4n) is 1.36. The van der Waals surface area contributed by atoms with Crippen molar-refractivity contribution in [2.24, 2.45) is 0 Å². The predicted molar refractivity (Wildman–Crippen MR) is 62.9 cm³/mol. The van der Waals surface area contributed by atoms with Crippen molar-refractivity contribution in [2.45, 2.75) is 5.88 Å². The molecule has 2 rings (SSSR count). The third-order valence-corrected chi connectivity index (χ3v) is 3.75. The van der Waals surface area contributed by atoms with E-state index in [1.54, 1.807) is 18.4 Å². The van der Waals surface area contributed by atoms with Gasteiger partial charge >= 0.3 is 0 Å². The summed E-state index contributed by atoms with van der Waals surface area (Å²) in [5.41, 5.74) is 1.01. The second kappa shape index (κ2) is 3.97. The summed E-state index contributed by atoms with van der Waals surface area (Å²) in [6.07, 6.45) is 0. The molecule has 0 aliphatic carbocycles. The third kappa shape index (κ3) is 1.58. The number of methoxy groups -OCH3 is 1. The largest absolute Gasteiger partial charge is 0.495 e. The summed E-state index contributed by atoms with van der Waals surface area (Å²) in [5, 5.41) is 3.74. The fraction of sp³-hybridized carbons (Fsp3) is 0.200. The van der Waals surface area contributed by atoms with E-state index in [0.29, 0.717) is 5.88 Å². The van der Waals surface area contributed by atoms with E-state index in [4.69, 9.17) is 27.9 Å². The van der Waals surface area contributed by atoms with Gasteiger partial charge in [0.25, 0.3) is 0 Å². The van der Waals surface area contributed by atoms with E-state index in [-0.39, 0.29) is 0 Å². The van der Waals surface area contributed by atoms with E-state index in [2.05, 4.69) is 0 Å². The number of hydrogen-bond acceptors (Lipinski definition) is 2. The molecule has 0 amide bonds. The molecule has 0 aliphatic heterocycles. The van der Waals surface area contributed by atoms with Crippen molar-refractivity contribution in [2.75, 3.05) is 7.11 Å². The Kier molecular flexibility index (Phi) is 2.86. The first-order valence-corrected chi connectivity index (χ1v) is 5.85. The van der Waals surface area contributed by atoms with Crippen LogP contribution < -0.4 is 4.74 Å². The summed E-state index contributed by atoms with van der Waals surface area (Å²) < 4.78 is 6.28. The highest BCUT2D eigenvalue weighted by atomic mass is 35.5. The second-order valence-electron chi connectivity index (χ2n) is 2.89. The van der Waals surface area contributed by atoms with Gasteiger partial charge in [0, 0.05) is 16.6 Å². The summed E-state index contributed by atoms with van der Waals surface area (Å²) in [7, 11) is 1.66. The highest BCUT2D eigenvalue weighted by Crippen LogP contribution is 2.37. The number of fused-ring (bicyclic) bond motifs is 1. The molecule has 2 aromatic rings. The van der Waals surface area contributed by atoms with Crippen LogP contribution in [0.2, 0.25) is 5.02 Å². The Morgan fingerprint density at radius 3 is 2.86 bits per heavy atom. The normalized spacial score (nSPS) is 10.8. The van der Waals surface area contributed by atoms with Gasteiger partial charge in [0.05, 0.1) is 16.8 Å². The predicted octanol–water partition coefficient (Wildman–Crippen LogP) is 4.30. The zero-order valence-electron chi connectivity index (χ0n) is 7.51. The molecular formula is C10H8Cl2OS. The summed E-state index contributed by atoms with van der Waals surface area (Å²) in [5.74, 6) is 1.33. The average molecular weight is 247 g/mol. The monoisotopic (exact) mass is 246 g/mol. The minimum atomic E-state index is 0.467. The molecule has 0 N–H and O–H groups in total. The first-order valence-electron chi connectivity index (χ1n) is 4.06. The van der Waals surface area contributed by atoms with Crippen molar-refractivity contribution in [1.29, 1.82) is 0 Å². The Balaban J connectivity index is 2.73. The zero-order chi connectivity index (χ0) is 10.1. The van der Waals surface area contributed by atoms with Crippen LogP contribution in [0, 0.1) is 0 Å². The zero-order valence-corrected chi connectivity index (χ0v) is 9.84. The Bertz CT molecular complexity index is 464. The summed E-state index contributed by atoms with van der Waals surface area (Å²) in [4.78, 5) is 0. The highest BCUT2D eigenvalue weighted by Gasteiger charge is 2.08. The SMILES string of the molecule is COc1csc2c(Cl)cc(CCl)cc12. The van der Waals surface area contributed by atoms with Crippen molar-refractivity contribution in [3.05, 3.63) is 28.1 Å². The lowest BCUT2D eigenvalue weighted by Crippen LogP contribution is -1.82. The third-order valence-electron chi connectivity index (χ3n) is 2.03. The molecule has 0 bridgehead atoms. The molecule has 0 radical (unpaired) electrons. The number of thiophene rings is 1. The quantitative estimate of drug-likeness (QED) is 0.719. The first kappa shape index (κ1) is 10.1. The molecule has 1 aromatic carbocycles. The van der Waals surface area contributed by atoms with Gasteiger partial charge in [-0.25, -0.2) is 0 Å². The molecule has 0 unspecified atom stereocenters. The van der Waals surface area contributed by atoms with E-state index in [1.807, 2.05) is 17.5 Å². The number of rotatable bonds is 2. The van der Waals surface area contributed by atoms with E-state index < -0.39 is 0 Å². The van der Waals surface area contributed by atoms with Crippen LogP contribution in [0.4, 0.5) is 0 Å². The van der Waals surface area contributed by atoms with Crippen LogP contribution in [-0.4, -0.2) is 7.11 Å². The molecule has 1 aromatic heterocycles. The molecule has 74 valence electrons. The number of alkyl halides is 1. The standard InChI is InChI=1S/C10H8Cl2OS/c1-13-9-5-14-10-7(9)2-6(4-11)3-8(10)12/h2-3,5H,4H2,1H3. The van der Waals surface area contributed by atoms with E-state index in [1.165, 1.54) is 0 Å². The molecule has 4 heteroatoms. The van der Waals surface area contributed by atoms with Gasteiger partial charge in [-0.3, -0.25) is 0 Å².